The number of imidazole rings is 1. The van der Waals surface area contributed by atoms with Crippen molar-refractivity contribution in [3.63, 3.8) is 0 Å². The van der Waals surface area contributed by atoms with Gasteiger partial charge in [0.25, 0.3) is 0 Å². The third-order valence-corrected chi connectivity index (χ3v) is 3.05. The molecule has 0 N–H and O–H groups in total. The van der Waals surface area contributed by atoms with E-state index in [1.807, 2.05) is 61.7 Å². The zero-order chi connectivity index (χ0) is 14.1. The molecule has 3 rings (SSSR count). The number of aryl methyl sites for hydroxylation is 1. The van der Waals surface area contributed by atoms with Crippen molar-refractivity contribution in [2.45, 2.75) is 26.9 Å². The van der Waals surface area contributed by atoms with E-state index in [9.17, 15) is 0 Å². The summed E-state index contributed by atoms with van der Waals surface area (Å²) in [6.45, 7) is 6.00. The van der Waals surface area contributed by atoms with Crippen molar-refractivity contribution < 1.29 is 4.74 Å². The van der Waals surface area contributed by atoms with E-state index in [1.165, 1.54) is 0 Å². The monoisotopic (exact) mass is 267 g/mol. The molecule has 2 heterocycles. The standard InChI is InChI=1S/C16H17N3O/c1-11(2)20-15-9-6-10-17-16(15)19-12(3)18-13-7-4-5-8-14(13)19/h4-11H,1-3H3. The lowest BCUT2D eigenvalue weighted by molar-refractivity contribution is 0.241. The van der Waals surface area contributed by atoms with Gasteiger partial charge in [-0.1, -0.05) is 12.1 Å². The van der Waals surface area contributed by atoms with Crippen molar-refractivity contribution in [1.82, 2.24) is 14.5 Å². The quantitative estimate of drug-likeness (QED) is 0.729. The minimum atomic E-state index is 0.105. The number of hydrogen-bond acceptors (Lipinski definition) is 3. The molecule has 0 spiro atoms. The number of nitrogens with zero attached hydrogens (tertiary/aromatic N) is 3. The Labute approximate surface area is 118 Å². The van der Waals surface area contributed by atoms with Crippen LogP contribution < -0.4 is 4.74 Å². The molecule has 2 aromatic heterocycles. The Morgan fingerprint density at radius 1 is 1.10 bits per heavy atom. The van der Waals surface area contributed by atoms with E-state index in [0.29, 0.717) is 0 Å². The highest BCUT2D eigenvalue weighted by molar-refractivity contribution is 5.78. The molecule has 1 aromatic carbocycles. The summed E-state index contributed by atoms with van der Waals surface area (Å²) in [4.78, 5) is 9.06. The van der Waals surface area contributed by atoms with Crippen molar-refractivity contribution in [3.05, 3.63) is 48.4 Å². The SMILES string of the molecule is Cc1nc2ccccc2n1-c1ncccc1OC(C)C. The second-order valence-corrected chi connectivity index (χ2v) is 4.97. The van der Waals surface area contributed by atoms with E-state index in [1.54, 1.807) is 6.20 Å². The minimum absolute atomic E-state index is 0.105. The van der Waals surface area contributed by atoms with Gasteiger partial charge in [-0.25, -0.2) is 9.97 Å². The molecule has 0 saturated carbocycles. The predicted molar refractivity (Wildman–Crippen MR) is 79.4 cm³/mol. The summed E-state index contributed by atoms with van der Waals surface area (Å²) in [5.41, 5.74) is 2.00. The number of aromatic nitrogens is 3. The van der Waals surface area contributed by atoms with Crippen LogP contribution in [-0.4, -0.2) is 20.6 Å². The van der Waals surface area contributed by atoms with Gasteiger partial charge in [0, 0.05) is 6.20 Å². The molecule has 0 aliphatic heterocycles. The lowest BCUT2D eigenvalue weighted by atomic mass is 10.3. The van der Waals surface area contributed by atoms with E-state index in [2.05, 4.69) is 9.97 Å². The third-order valence-electron chi connectivity index (χ3n) is 3.05. The van der Waals surface area contributed by atoms with E-state index >= 15 is 0 Å². The van der Waals surface area contributed by atoms with Crippen LogP contribution in [0.3, 0.4) is 0 Å². The van der Waals surface area contributed by atoms with Crippen LogP contribution in [0.25, 0.3) is 16.9 Å². The van der Waals surface area contributed by atoms with Crippen LogP contribution in [0.1, 0.15) is 19.7 Å². The van der Waals surface area contributed by atoms with Crippen LogP contribution in [0, 0.1) is 6.92 Å². The Bertz CT molecular complexity index is 746. The first kappa shape index (κ1) is 12.7. The normalized spacial score (nSPS) is 11.2. The van der Waals surface area contributed by atoms with Crippen molar-refractivity contribution in [3.8, 4) is 11.6 Å². The summed E-state index contributed by atoms with van der Waals surface area (Å²) < 4.78 is 7.90. The molecule has 0 aliphatic rings. The van der Waals surface area contributed by atoms with Crippen molar-refractivity contribution in [2.24, 2.45) is 0 Å². The van der Waals surface area contributed by atoms with Gasteiger partial charge in [-0.15, -0.1) is 0 Å². The molecular weight excluding hydrogens is 250 g/mol. The van der Waals surface area contributed by atoms with Gasteiger partial charge in [0.2, 0.25) is 0 Å². The van der Waals surface area contributed by atoms with Gasteiger partial charge in [0.15, 0.2) is 11.6 Å². The first-order valence-electron chi connectivity index (χ1n) is 6.73. The summed E-state index contributed by atoms with van der Waals surface area (Å²) >= 11 is 0. The van der Waals surface area contributed by atoms with Crippen molar-refractivity contribution >= 4 is 11.0 Å². The zero-order valence-corrected chi connectivity index (χ0v) is 11.9. The average Bonchev–Trinajstić information content (AvgIpc) is 2.75. The van der Waals surface area contributed by atoms with Gasteiger partial charge in [-0.05, 0) is 45.0 Å². The van der Waals surface area contributed by atoms with Crippen LogP contribution in [0.2, 0.25) is 0 Å². The number of pyridine rings is 1. The molecule has 0 radical (unpaired) electrons. The first-order chi connectivity index (χ1) is 9.66. The molecule has 0 fully saturated rings. The number of benzene rings is 1. The van der Waals surface area contributed by atoms with E-state index in [0.717, 1.165) is 28.4 Å². The Balaban J connectivity index is 2.23. The molecule has 0 unspecified atom stereocenters. The molecular formula is C16H17N3O. The summed E-state index contributed by atoms with van der Waals surface area (Å²) in [5, 5.41) is 0. The maximum atomic E-state index is 5.86. The fraction of sp³-hybridized carbons (Fsp3) is 0.250. The number of fused-ring (bicyclic) bond motifs is 1. The van der Waals surface area contributed by atoms with Gasteiger partial charge < -0.3 is 4.74 Å². The third kappa shape index (κ3) is 2.13. The molecule has 0 atom stereocenters. The van der Waals surface area contributed by atoms with Gasteiger partial charge >= 0.3 is 0 Å². The lowest BCUT2D eigenvalue weighted by Gasteiger charge is -2.14. The topological polar surface area (TPSA) is 39.9 Å². The lowest BCUT2D eigenvalue weighted by Crippen LogP contribution is -2.10. The van der Waals surface area contributed by atoms with Crippen LogP contribution in [0.15, 0.2) is 42.6 Å². The highest BCUT2D eigenvalue weighted by Crippen LogP contribution is 2.26. The molecule has 4 nitrogen and oxygen atoms in total. The molecule has 20 heavy (non-hydrogen) atoms. The zero-order valence-electron chi connectivity index (χ0n) is 11.9. The Hall–Kier alpha value is -2.36. The molecule has 102 valence electrons. The van der Waals surface area contributed by atoms with Crippen LogP contribution in [0.5, 0.6) is 5.75 Å². The van der Waals surface area contributed by atoms with Crippen LogP contribution >= 0.6 is 0 Å². The Morgan fingerprint density at radius 2 is 1.90 bits per heavy atom. The highest BCUT2D eigenvalue weighted by Gasteiger charge is 2.14. The molecule has 3 aromatic rings. The number of para-hydroxylation sites is 2. The van der Waals surface area contributed by atoms with Crippen LogP contribution in [-0.2, 0) is 0 Å². The van der Waals surface area contributed by atoms with Crippen molar-refractivity contribution in [1.29, 1.82) is 0 Å². The van der Waals surface area contributed by atoms with Gasteiger partial charge in [-0.2, -0.15) is 0 Å². The van der Waals surface area contributed by atoms with Crippen molar-refractivity contribution in [2.75, 3.05) is 0 Å². The Kier molecular flexibility index (Phi) is 3.14. The maximum Gasteiger partial charge on any atom is 0.181 e. The largest absolute Gasteiger partial charge is 0.487 e. The van der Waals surface area contributed by atoms with Gasteiger partial charge in [-0.3, -0.25) is 4.57 Å². The fourth-order valence-corrected chi connectivity index (χ4v) is 2.31. The molecule has 0 aliphatic carbocycles. The molecule has 0 bridgehead atoms. The summed E-state index contributed by atoms with van der Waals surface area (Å²) in [5.74, 6) is 2.46. The average molecular weight is 267 g/mol. The smallest absolute Gasteiger partial charge is 0.181 e. The predicted octanol–water partition coefficient (Wildman–Crippen LogP) is 3.52. The molecule has 0 amide bonds. The highest BCUT2D eigenvalue weighted by atomic mass is 16.5. The second kappa shape index (κ2) is 4.96. The summed E-state index contributed by atoms with van der Waals surface area (Å²) in [7, 11) is 0. The molecule has 4 heteroatoms. The summed E-state index contributed by atoms with van der Waals surface area (Å²) in [6.07, 6.45) is 1.88. The number of rotatable bonds is 3. The number of ether oxygens (including phenoxy) is 1. The van der Waals surface area contributed by atoms with E-state index in [4.69, 9.17) is 4.74 Å². The van der Waals surface area contributed by atoms with Crippen LogP contribution in [0.4, 0.5) is 0 Å². The minimum Gasteiger partial charge on any atom is -0.487 e. The van der Waals surface area contributed by atoms with Gasteiger partial charge in [0.1, 0.15) is 5.82 Å². The second-order valence-electron chi connectivity index (χ2n) is 4.97. The fourth-order valence-electron chi connectivity index (χ4n) is 2.31. The maximum absolute atomic E-state index is 5.86. The van der Waals surface area contributed by atoms with E-state index < -0.39 is 0 Å². The first-order valence-corrected chi connectivity index (χ1v) is 6.73. The van der Waals surface area contributed by atoms with E-state index in [-0.39, 0.29) is 6.10 Å². The number of hydrogen-bond donors (Lipinski definition) is 0. The summed E-state index contributed by atoms with van der Waals surface area (Å²) in [6, 6.07) is 11.9. The van der Waals surface area contributed by atoms with Gasteiger partial charge in [0.05, 0.1) is 17.1 Å². The molecule has 0 saturated heterocycles. The Morgan fingerprint density at radius 3 is 2.70 bits per heavy atom.